The van der Waals surface area contributed by atoms with Crippen molar-refractivity contribution in [3.8, 4) is 11.5 Å². The highest BCUT2D eigenvalue weighted by molar-refractivity contribution is 5.90. The van der Waals surface area contributed by atoms with E-state index in [2.05, 4.69) is 10.2 Å². The minimum absolute atomic E-state index is 0.262. The number of benzene rings is 2. The molecule has 0 aliphatic carbocycles. The lowest BCUT2D eigenvalue weighted by Gasteiger charge is -2.14. The Kier molecular flexibility index (Phi) is 5.02. The van der Waals surface area contributed by atoms with Gasteiger partial charge in [-0.1, -0.05) is 23.8 Å². The Morgan fingerprint density at radius 2 is 1.85 bits per heavy atom. The molecule has 134 valence electrons. The third-order valence-corrected chi connectivity index (χ3v) is 3.97. The number of aromatic nitrogens is 2. The standard InChI is InChI=1S/C20H21N3O3/c1-13-8-10-15(11-9-13)19-22-21-18(26-19)14(2)25-20(24)16-6-5-7-17(12-16)23(3)4/h5-12,14H,1-4H3/t14-/m0/s1. The molecule has 0 aliphatic rings. The van der Waals surface area contributed by atoms with Gasteiger partial charge in [0, 0.05) is 25.3 Å². The predicted octanol–water partition coefficient (Wildman–Crippen LogP) is 4.03. The zero-order chi connectivity index (χ0) is 18.7. The first-order chi connectivity index (χ1) is 12.4. The Balaban J connectivity index is 1.72. The fraction of sp³-hybridized carbons (Fsp3) is 0.250. The minimum atomic E-state index is -0.641. The summed E-state index contributed by atoms with van der Waals surface area (Å²) in [5.74, 6) is 0.228. The van der Waals surface area contributed by atoms with Crippen LogP contribution >= 0.6 is 0 Å². The molecule has 0 amide bonds. The first-order valence-corrected chi connectivity index (χ1v) is 8.33. The number of carbonyl (C=O) groups excluding carboxylic acids is 1. The number of rotatable bonds is 5. The van der Waals surface area contributed by atoms with Gasteiger partial charge in [-0.2, -0.15) is 0 Å². The number of hydrogen-bond donors (Lipinski definition) is 0. The van der Waals surface area contributed by atoms with Crippen LogP contribution in [0.4, 0.5) is 5.69 Å². The van der Waals surface area contributed by atoms with E-state index in [0.29, 0.717) is 11.5 Å². The molecule has 0 spiro atoms. The van der Waals surface area contributed by atoms with E-state index in [-0.39, 0.29) is 5.89 Å². The summed E-state index contributed by atoms with van der Waals surface area (Å²) in [7, 11) is 3.83. The Morgan fingerprint density at radius 1 is 1.12 bits per heavy atom. The van der Waals surface area contributed by atoms with Gasteiger partial charge in [0.25, 0.3) is 5.89 Å². The van der Waals surface area contributed by atoms with Crippen molar-refractivity contribution in [2.24, 2.45) is 0 Å². The lowest BCUT2D eigenvalue weighted by atomic mass is 10.1. The maximum absolute atomic E-state index is 12.4. The van der Waals surface area contributed by atoms with Crippen LogP contribution in [-0.2, 0) is 4.74 Å². The smallest absolute Gasteiger partial charge is 0.338 e. The van der Waals surface area contributed by atoms with Gasteiger partial charge in [-0.3, -0.25) is 0 Å². The molecule has 2 aromatic carbocycles. The molecule has 0 saturated heterocycles. The molecule has 0 unspecified atom stereocenters. The quantitative estimate of drug-likeness (QED) is 0.647. The summed E-state index contributed by atoms with van der Waals surface area (Å²) >= 11 is 0. The van der Waals surface area contributed by atoms with E-state index in [9.17, 15) is 4.79 Å². The highest BCUT2D eigenvalue weighted by Gasteiger charge is 2.20. The molecular weight excluding hydrogens is 330 g/mol. The highest BCUT2D eigenvalue weighted by atomic mass is 16.6. The van der Waals surface area contributed by atoms with Gasteiger partial charge in [0.15, 0.2) is 6.10 Å². The van der Waals surface area contributed by atoms with Crippen molar-refractivity contribution in [1.29, 1.82) is 0 Å². The summed E-state index contributed by atoms with van der Waals surface area (Å²) < 4.78 is 11.1. The molecule has 1 aromatic heterocycles. The normalized spacial score (nSPS) is 11.8. The third-order valence-electron chi connectivity index (χ3n) is 3.97. The largest absolute Gasteiger partial charge is 0.449 e. The lowest BCUT2D eigenvalue weighted by Crippen LogP contribution is -2.12. The molecule has 0 aliphatic heterocycles. The van der Waals surface area contributed by atoms with Crippen LogP contribution in [-0.4, -0.2) is 30.3 Å². The average molecular weight is 351 g/mol. The van der Waals surface area contributed by atoms with Gasteiger partial charge in [0.05, 0.1) is 5.56 Å². The summed E-state index contributed by atoms with van der Waals surface area (Å²) in [5.41, 5.74) is 3.37. The third kappa shape index (κ3) is 3.91. The molecule has 6 heteroatoms. The number of carbonyl (C=O) groups is 1. The van der Waals surface area contributed by atoms with Crippen LogP contribution in [0.1, 0.15) is 34.8 Å². The van der Waals surface area contributed by atoms with Crippen molar-refractivity contribution in [2.45, 2.75) is 20.0 Å². The van der Waals surface area contributed by atoms with E-state index in [0.717, 1.165) is 16.8 Å². The monoisotopic (exact) mass is 351 g/mol. The summed E-state index contributed by atoms with van der Waals surface area (Å²) in [4.78, 5) is 14.3. The van der Waals surface area contributed by atoms with Crippen LogP contribution in [0.25, 0.3) is 11.5 Å². The number of ether oxygens (including phenoxy) is 1. The summed E-state index contributed by atoms with van der Waals surface area (Å²) in [6.45, 7) is 3.72. The van der Waals surface area contributed by atoms with Crippen LogP contribution < -0.4 is 4.90 Å². The molecule has 6 nitrogen and oxygen atoms in total. The summed E-state index contributed by atoms with van der Waals surface area (Å²) in [6.07, 6.45) is -0.641. The number of hydrogen-bond acceptors (Lipinski definition) is 6. The Hall–Kier alpha value is -3.15. The molecule has 0 fully saturated rings. The van der Waals surface area contributed by atoms with Gasteiger partial charge >= 0.3 is 5.97 Å². The lowest BCUT2D eigenvalue weighted by molar-refractivity contribution is 0.0280. The second kappa shape index (κ2) is 7.39. The Morgan fingerprint density at radius 3 is 2.54 bits per heavy atom. The van der Waals surface area contributed by atoms with Crippen LogP contribution in [0, 0.1) is 6.92 Å². The molecule has 3 aromatic rings. The Bertz CT molecular complexity index is 901. The van der Waals surface area contributed by atoms with Crippen LogP contribution in [0.2, 0.25) is 0 Å². The highest BCUT2D eigenvalue weighted by Crippen LogP contribution is 2.24. The van der Waals surface area contributed by atoms with E-state index in [4.69, 9.17) is 9.15 Å². The van der Waals surface area contributed by atoms with E-state index in [1.807, 2.05) is 62.3 Å². The van der Waals surface area contributed by atoms with E-state index in [1.165, 1.54) is 0 Å². The predicted molar refractivity (Wildman–Crippen MR) is 99.1 cm³/mol. The zero-order valence-electron chi connectivity index (χ0n) is 15.3. The topological polar surface area (TPSA) is 68.5 Å². The molecule has 3 rings (SSSR count). The molecule has 1 heterocycles. The maximum atomic E-state index is 12.4. The molecule has 0 bridgehead atoms. The van der Waals surface area contributed by atoms with E-state index < -0.39 is 12.1 Å². The first-order valence-electron chi connectivity index (χ1n) is 8.33. The first kappa shape index (κ1) is 17.7. The van der Waals surface area contributed by atoms with Crippen molar-refractivity contribution in [1.82, 2.24) is 10.2 Å². The van der Waals surface area contributed by atoms with Crippen molar-refractivity contribution >= 4 is 11.7 Å². The SMILES string of the molecule is Cc1ccc(-c2nnc([C@H](C)OC(=O)c3cccc(N(C)C)c3)o2)cc1. The van der Waals surface area contributed by atoms with Crippen molar-refractivity contribution < 1.29 is 13.9 Å². The Labute approximate surface area is 152 Å². The molecule has 26 heavy (non-hydrogen) atoms. The molecule has 0 N–H and O–H groups in total. The second-order valence-electron chi connectivity index (χ2n) is 6.30. The fourth-order valence-corrected chi connectivity index (χ4v) is 2.40. The number of nitrogens with zero attached hydrogens (tertiary/aromatic N) is 3. The summed E-state index contributed by atoms with van der Waals surface area (Å²) in [6, 6.07) is 15.0. The van der Waals surface area contributed by atoms with Gasteiger partial charge in [0.2, 0.25) is 5.89 Å². The molecule has 1 atom stereocenters. The van der Waals surface area contributed by atoms with Crippen LogP contribution in [0.3, 0.4) is 0 Å². The van der Waals surface area contributed by atoms with Crippen LogP contribution in [0.15, 0.2) is 52.9 Å². The molecule has 0 saturated carbocycles. The molecule has 0 radical (unpaired) electrons. The van der Waals surface area contributed by atoms with Crippen molar-refractivity contribution in [3.63, 3.8) is 0 Å². The number of aryl methyl sites for hydroxylation is 1. The van der Waals surface area contributed by atoms with E-state index in [1.54, 1.807) is 19.1 Å². The van der Waals surface area contributed by atoms with Gasteiger partial charge in [-0.25, -0.2) is 4.79 Å². The zero-order valence-corrected chi connectivity index (χ0v) is 15.3. The van der Waals surface area contributed by atoms with E-state index >= 15 is 0 Å². The van der Waals surface area contributed by atoms with Gasteiger partial charge in [-0.15, -0.1) is 10.2 Å². The van der Waals surface area contributed by atoms with Crippen LogP contribution in [0.5, 0.6) is 0 Å². The van der Waals surface area contributed by atoms with Gasteiger partial charge in [-0.05, 0) is 44.2 Å². The van der Waals surface area contributed by atoms with Gasteiger partial charge in [0.1, 0.15) is 0 Å². The van der Waals surface area contributed by atoms with Crippen molar-refractivity contribution in [2.75, 3.05) is 19.0 Å². The molecular formula is C20H21N3O3. The minimum Gasteiger partial charge on any atom is -0.449 e. The van der Waals surface area contributed by atoms with Gasteiger partial charge < -0.3 is 14.1 Å². The number of anilines is 1. The van der Waals surface area contributed by atoms with Crippen molar-refractivity contribution in [3.05, 3.63) is 65.5 Å². The number of esters is 1. The summed E-state index contributed by atoms with van der Waals surface area (Å²) in [5, 5.41) is 8.05. The second-order valence-corrected chi connectivity index (χ2v) is 6.30. The fourth-order valence-electron chi connectivity index (χ4n) is 2.40. The maximum Gasteiger partial charge on any atom is 0.338 e. The average Bonchev–Trinajstić information content (AvgIpc) is 3.12.